The summed E-state index contributed by atoms with van der Waals surface area (Å²) >= 11 is 0. The molecule has 0 atom stereocenters. The number of nitrogens with one attached hydrogen (secondary N) is 1. The predicted octanol–water partition coefficient (Wildman–Crippen LogP) is 1.49. The number of pyridine rings is 2. The van der Waals surface area contributed by atoms with E-state index in [0.717, 1.165) is 5.82 Å². The number of anilines is 2. The number of carboxylic acids is 1. The lowest BCUT2D eigenvalue weighted by molar-refractivity contribution is 0.0696. The Morgan fingerprint density at radius 1 is 1.14 bits per heavy atom. The SMILES string of the molecule is CN(C)c1ccc(C(=O)Nc2cc(C(=O)O)ccn2)cn1. The minimum atomic E-state index is -1.08. The van der Waals surface area contributed by atoms with Crippen LogP contribution >= 0.6 is 0 Å². The standard InChI is InChI=1S/C14H14N4O3/c1-18(2)12-4-3-10(8-16-12)13(19)17-11-7-9(14(20)21)5-6-15-11/h3-8H,1-2H3,(H,20,21)(H,15,17,19). The van der Waals surface area contributed by atoms with Gasteiger partial charge >= 0.3 is 5.97 Å². The number of carboxylic acid groups (broad SMARTS) is 1. The van der Waals surface area contributed by atoms with Crippen molar-refractivity contribution < 1.29 is 14.7 Å². The molecule has 21 heavy (non-hydrogen) atoms. The molecule has 0 fully saturated rings. The van der Waals surface area contributed by atoms with Crippen LogP contribution in [0.2, 0.25) is 0 Å². The van der Waals surface area contributed by atoms with Crippen molar-refractivity contribution in [3.05, 3.63) is 47.8 Å². The quantitative estimate of drug-likeness (QED) is 0.884. The monoisotopic (exact) mass is 286 g/mol. The summed E-state index contributed by atoms with van der Waals surface area (Å²) in [6, 6.07) is 6.00. The van der Waals surface area contributed by atoms with Gasteiger partial charge in [-0.15, -0.1) is 0 Å². The maximum absolute atomic E-state index is 12.0. The van der Waals surface area contributed by atoms with E-state index >= 15 is 0 Å². The highest BCUT2D eigenvalue weighted by Gasteiger charge is 2.10. The number of hydrogen-bond donors (Lipinski definition) is 2. The van der Waals surface area contributed by atoms with E-state index in [2.05, 4.69) is 15.3 Å². The minimum Gasteiger partial charge on any atom is -0.478 e. The highest BCUT2D eigenvalue weighted by Crippen LogP contribution is 2.11. The van der Waals surface area contributed by atoms with Gasteiger partial charge in [-0.05, 0) is 24.3 Å². The fraction of sp³-hybridized carbons (Fsp3) is 0.143. The second kappa shape index (κ2) is 6.00. The molecule has 7 nitrogen and oxygen atoms in total. The fourth-order valence-electron chi connectivity index (χ4n) is 1.61. The van der Waals surface area contributed by atoms with Gasteiger partial charge in [-0.1, -0.05) is 0 Å². The Bertz CT molecular complexity index is 668. The maximum Gasteiger partial charge on any atom is 0.335 e. The number of hydrogen-bond acceptors (Lipinski definition) is 5. The molecule has 7 heteroatoms. The molecule has 2 aromatic heterocycles. The van der Waals surface area contributed by atoms with Crippen LogP contribution in [0.25, 0.3) is 0 Å². The summed E-state index contributed by atoms with van der Waals surface area (Å²) in [7, 11) is 3.70. The predicted molar refractivity (Wildman–Crippen MR) is 77.7 cm³/mol. The molecule has 0 bridgehead atoms. The Hall–Kier alpha value is -2.96. The highest BCUT2D eigenvalue weighted by atomic mass is 16.4. The van der Waals surface area contributed by atoms with Gasteiger partial charge in [0.15, 0.2) is 0 Å². The van der Waals surface area contributed by atoms with Gasteiger partial charge < -0.3 is 15.3 Å². The van der Waals surface area contributed by atoms with Gasteiger partial charge in [0, 0.05) is 26.5 Å². The van der Waals surface area contributed by atoms with E-state index in [4.69, 9.17) is 5.11 Å². The molecule has 108 valence electrons. The normalized spacial score (nSPS) is 10.0. The lowest BCUT2D eigenvalue weighted by Gasteiger charge is -2.11. The van der Waals surface area contributed by atoms with Crippen molar-refractivity contribution in [2.24, 2.45) is 0 Å². The Morgan fingerprint density at radius 3 is 2.48 bits per heavy atom. The van der Waals surface area contributed by atoms with Gasteiger partial charge in [-0.3, -0.25) is 4.79 Å². The van der Waals surface area contributed by atoms with E-state index in [1.165, 1.54) is 24.5 Å². The van der Waals surface area contributed by atoms with Gasteiger partial charge in [0.05, 0.1) is 11.1 Å². The molecule has 0 aliphatic heterocycles. The molecule has 0 unspecified atom stereocenters. The molecule has 0 saturated heterocycles. The van der Waals surface area contributed by atoms with Crippen LogP contribution in [0.1, 0.15) is 20.7 Å². The second-order valence-electron chi connectivity index (χ2n) is 4.49. The van der Waals surface area contributed by atoms with Crippen molar-refractivity contribution in [3.63, 3.8) is 0 Å². The van der Waals surface area contributed by atoms with Crippen LogP contribution in [-0.4, -0.2) is 41.0 Å². The summed E-state index contributed by atoms with van der Waals surface area (Å²) in [5, 5.41) is 11.4. The number of amides is 1. The van der Waals surface area contributed by atoms with Crippen LogP contribution in [0.5, 0.6) is 0 Å². The molecule has 0 aliphatic rings. The lowest BCUT2D eigenvalue weighted by atomic mass is 10.2. The van der Waals surface area contributed by atoms with E-state index in [9.17, 15) is 9.59 Å². The summed E-state index contributed by atoms with van der Waals surface area (Å²) in [6.07, 6.45) is 2.78. The Balaban J connectivity index is 2.14. The first-order valence-corrected chi connectivity index (χ1v) is 6.11. The van der Waals surface area contributed by atoms with E-state index in [1.54, 1.807) is 12.1 Å². The minimum absolute atomic E-state index is 0.0568. The average Bonchev–Trinajstić information content (AvgIpc) is 2.47. The molecule has 2 rings (SSSR count). The zero-order valence-corrected chi connectivity index (χ0v) is 11.6. The molecule has 0 aliphatic carbocycles. The fourth-order valence-corrected chi connectivity index (χ4v) is 1.61. The number of rotatable bonds is 4. The summed E-state index contributed by atoms with van der Waals surface area (Å²) in [5.41, 5.74) is 0.421. The Kier molecular flexibility index (Phi) is 4.13. The third-order valence-electron chi connectivity index (χ3n) is 2.72. The number of carbonyl (C=O) groups is 2. The van der Waals surface area contributed by atoms with Crippen molar-refractivity contribution in [2.75, 3.05) is 24.3 Å². The summed E-state index contributed by atoms with van der Waals surface area (Å²) in [4.78, 5) is 32.7. The van der Waals surface area contributed by atoms with Crippen molar-refractivity contribution in [2.45, 2.75) is 0 Å². The first-order valence-electron chi connectivity index (χ1n) is 6.11. The van der Waals surface area contributed by atoms with Gasteiger partial charge in [-0.2, -0.15) is 0 Å². The zero-order chi connectivity index (χ0) is 15.4. The largest absolute Gasteiger partial charge is 0.478 e. The van der Waals surface area contributed by atoms with Crippen LogP contribution in [0.4, 0.5) is 11.6 Å². The Morgan fingerprint density at radius 2 is 1.90 bits per heavy atom. The van der Waals surface area contributed by atoms with Crippen LogP contribution in [0.3, 0.4) is 0 Å². The molecule has 2 N–H and O–H groups in total. The van der Waals surface area contributed by atoms with Crippen molar-refractivity contribution in [1.82, 2.24) is 9.97 Å². The summed E-state index contributed by atoms with van der Waals surface area (Å²) in [5.74, 6) is -0.568. The topological polar surface area (TPSA) is 95.4 Å². The van der Waals surface area contributed by atoms with Gasteiger partial charge in [0.2, 0.25) is 0 Å². The van der Waals surface area contributed by atoms with Crippen molar-refractivity contribution >= 4 is 23.5 Å². The number of nitrogens with zero attached hydrogens (tertiary/aromatic N) is 3. The molecule has 0 aromatic carbocycles. The van der Waals surface area contributed by atoms with Gasteiger partial charge in [0.1, 0.15) is 11.6 Å². The molecule has 2 heterocycles. The molecular weight excluding hydrogens is 272 g/mol. The number of aromatic carboxylic acids is 1. The molecule has 1 amide bonds. The van der Waals surface area contributed by atoms with E-state index in [-0.39, 0.29) is 11.4 Å². The summed E-state index contributed by atoms with van der Waals surface area (Å²) < 4.78 is 0. The zero-order valence-electron chi connectivity index (χ0n) is 11.6. The van der Waals surface area contributed by atoms with Crippen LogP contribution in [0, 0.1) is 0 Å². The van der Waals surface area contributed by atoms with Gasteiger partial charge in [0.25, 0.3) is 5.91 Å². The third-order valence-corrected chi connectivity index (χ3v) is 2.72. The smallest absolute Gasteiger partial charge is 0.335 e. The lowest BCUT2D eigenvalue weighted by Crippen LogP contribution is -2.15. The summed E-state index contributed by atoms with van der Waals surface area (Å²) in [6.45, 7) is 0. The molecule has 0 radical (unpaired) electrons. The first-order chi connectivity index (χ1) is 9.97. The second-order valence-corrected chi connectivity index (χ2v) is 4.49. The number of aromatic nitrogens is 2. The van der Waals surface area contributed by atoms with Crippen LogP contribution < -0.4 is 10.2 Å². The van der Waals surface area contributed by atoms with Crippen LogP contribution in [-0.2, 0) is 0 Å². The van der Waals surface area contributed by atoms with Crippen molar-refractivity contribution in [3.8, 4) is 0 Å². The van der Waals surface area contributed by atoms with E-state index < -0.39 is 11.9 Å². The van der Waals surface area contributed by atoms with Gasteiger partial charge in [-0.25, -0.2) is 14.8 Å². The van der Waals surface area contributed by atoms with E-state index in [1.807, 2.05) is 19.0 Å². The highest BCUT2D eigenvalue weighted by molar-refractivity contribution is 6.04. The average molecular weight is 286 g/mol. The Labute approximate surface area is 121 Å². The molecule has 0 saturated carbocycles. The van der Waals surface area contributed by atoms with E-state index in [0.29, 0.717) is 5.56 Å². The molecule has 0 spiro atoms. The third kappa shape index (κ3) is 3.53. The molecular formula is C14H14N4O3. The van der Waals surface area contributed by atoms with Crippen LogP contribution in [0.15, 0.2) is 36.7 Å². The number of carbonyl (C=O) groups excluding carboxylic acids is 1. The molecule has 2 aromatic rings. The first kappa shape index (κ1) is 14.4. The maximum atomic E-state index is 12.0. The van der Waals surface area contributed by atoms with Crippen molar-refractivity contribution in [1.29, 1.82) is 0 Å².